The van der Waals surface area contributed by atoms with Crippen molar-refractivity contribution in [2.24, 2.45) is 5.92 Å². The Labute approximate surface area is 59.3 Å². The van der Waals surface area contributed by atoms with E-state index in [1.807, 2.05) is 13.8 Å². The van der Waals surface area contributed by atoms with Gasteiger partial charge in [0.15, 0.2) is 0 Å². The topological polar surface area (TPSA) is 37.3 Å². The zero-order valence-corrected chi connectivity index (χ0v) is 8.17. The van der Waals surface area contributed by atoms with Gasteiger partial charge in [-0.3, -0.25) is 0 Å². The number of hydrogen-bond acceptors (Lipinski definition) is 1. The molecule has 1 unspecified atom stereocenters. The van der Waals surface area contributed by atoms with Gasteiger partial charge in [-0.1, -0.05) is 0 Å². The van der Waals surface area contributed by atoms with Crippen molar-refractivity contribution < 1.29 is 7.84 Å². The second-order valence-corrected chi connectivity index (χ2v) is 8.38. The molecule has 3 heteroatoms. The zero-order chi connectivity index (χ0) is 7.49. The van der Waals surface area contributed by atoms with Crippen LogP contribution in [0.15, 0.2) is 0 Å². The molecule has 0 aliphatic heterocycles. The first kappa shape index (κ1) is 9.32. The molecule has 1 N–H and O–H groups in total. The third-order valence-electron chi connectivity index (χ3n) is 1.14. The molecule has 0 saturated heterocycles. The van der Waals surface area contributed by atoms with Crippen LogP contribution in [0.2, 0.25) is 10.4 Å². The van der Waals surface area contributed by atoms with Crippen molar-refractivity contribution >= 4 is 13.8 Å². The molecule has 0 aliphatic carbocycles. The summed E-state index contributed by atoms with van der Waals surface area (Å²) >= 11 is -3.30. The average molecular weight is 194 g/mol. The summed E-state index contributed by atoms with van der Waals surface area (Å²) in [6.45, 7) is 5.72. The van der Waals surface area contributed by atoms with Gasteiger partial charge >= 0.3 is 58.8 Å². The predicted octanol–water partition coefficient (Wildman–Crippen LogP) is 1.53. The Morgan fingerprint density at radius 3 is 2.11 bits per heavy atom. The van der Waals surface area contributed by atoms with Crippen molar-refractivity contribution in [3.8, 4) is 0 Å². The molecule has 1 atom stereocenters. The molecule has 0 saturated carbocycles. The maximum atomic E-state index is 11.0. The first-order valence-electron chi connectivity index (χ1n) is 3.29. The Balaban J connectivity index is 3.73. The van der Waals surface area contributed by atoms with Crippen molar-refractivity contribution in [2.75, 3.05) is 0 Å². The standard InChI is InChI=1S/C6H15AsO2/c1-4-7(8,9)5-6(2)3/h6H,4-5H2,1-3H3,(H,8,9). The Morgan fingerprint density at radius 1 is 1.56 bits per heavy atom. The molecule has 56 valence electrons. The maximum absolute atomic E-state index is 11.0. The first-order chi connectivity index (χ1) is 3.98. The average Bonchev–Trinajstić information content (AvgIpc) is 1.63. The van der Waals surface area contributed by atoms with Gasteiger partial charge in [0.2, 0.25) is 0 Å². The van der Waals surface area contributed by atoms with Crippen molar-refractivity contribution in [1.82, 2.24) is 0 Å². The Bertz CT molecular complexity index is 120. The third-order valence-corrected chi connectivity index (χ3v) is 5.95. The van der Waals surface area contributed by atoms with E-state index >= 15 is 0 Å². The summed E-state index contributed by atoms with van der Waals surface area (Å²) in [5.41, 5.74) is 0. The zero-order valence-electron chi connectivity index (χ0n) is 6.29. The van der Waals surface area contributed by atoms with Crippen LogP contribution >= 0.6 is 0 Å². The quantitative estimate of drug-likeness (QED) is 0.691. The van der Waals surface area contributed by atoms with Crippen LogP contribution in [0.1, 0.15) is 20.8 Å². The molecule has 0 heterocycles. The van der Waals surface area contributed by atoms with E-state index in [1.54, 1.807) is 6.92 Å². The molecule has 0 aromatic rings. The molecular formula is C6H15AsO2. The van der Waals surface area contributed by atoms with Crippen LogP contribution < -0.4 is 0 Å². The molecule has 0 bridgehead atoms. The van der Waals surface area contributed by atoms with Crippen LogP contribution in [0.5, 0.6) is 0 Å². The molecular weight excluding hydrogens is 179 g/mol. The van der Waals surface area contributed by atoms with E-state index in [4.69, 9.17) is 4.10 Å². The molecule has 0 rings (SSSR count). The summed E-state index contributed by atoms with van der Waals surface area (Å²) in [5.74, 6) is 0.361. The SMILES string of the molecule is CC[As](=O)(O)CC(C)C. The van der Waals surface area contributed by atoms with Crippen molar-refractivity contribution in [3.63, 3.8) is 0 Å². The van der Waals surface area contributed by atoms with E-state index < -0.39 is 13.8 Å². The fourth-order valence-corrected chi connectivity index (χ4v) is 3.64. The summed E-state index contributed by atoms with van der Waals surface area (Å²) in [4.78, 5) is 0. The summed E-state index contributed by atoms with van der Waals surface area (Å²) < 4.78 is 20.1. The van der Waals surface area contributed by atoms with Gasteiger partial charge in [-0.25, -0.2) is 0 Å². The van der Waals surface area contributed by atoms with Gasteiger partial charge in [0.05, 0.1) is 0 Å². The van der Waals surface area contributed by atoms with E-state index in [-0.39, 0.29) is 0 Å². The Morgan fingerprint density at radius 2 is 2.00 bits per heavy atom. The van der Waals surface area contributed by atoms with Crippen LogP contribution in [0.3, 0.4) is 0 Å². The summed E-state index contributed by atoms with van der Waals surface area (Å²) in [6, 6.07) is 0. The second-order valence-electron chi connectivity index (χ2n) is 2.74. The minimum absolute atomic E-state index is 0.361. The van der Waals surface area contributed by atoms with Gasteiger partial charge in [-0.2, -0.15) is 0 Å². The molecule has 0 fully saturated rings. The normalized spacial score (nSPS) is 17.9. The van der Waals surface area contributed by atoms with Gasteiger partial charge in [0.25, 0.3) is 0 Å². The van der Waals surface area contributed by atoms with E-state index in [0.717, 1.165) is 0 Å². The summed E-state index contributed by atoms with van der Waals surface area (Å²) in [7, 11) is 0. The molecule has 0 spiro atoms. The second kappa shape index (κ2) is 3.48. The molecule has 2 nitrogen and oxygen atoms in total. The van der Waals surface area contributed by atoms with E-state index in [0.29, 0.717) is 16.3 Å². The van der Waals surface area contributed by atoms with Crippen LogP contribution in [-0.4, -0.2) is 17.9 Å². The van der Waals surface area contributed by atoms with Crippen LogP contribution in [0.4, 0.5) is 0 Å². The van der Waals surface area contributed by atoms with Gasteiger partial charge < -0.3 is 0 Å². The summed E-state index contributed by atoms with van der Waals surface area (Å²) in [6.07, 6.45) is 0. The molecule has 0 aromatic carbocycles. The predicted molar refractivity (Wildman–Crippen MR) is 38.8 cm³/mol. The van der Waals surface area contributed by atoms with Crippen molar-refractivity contribution in [1.29, 1.82) is 0 Å². The molecule has 0 aromatic heterocycles. The van der Waals surface area contributed by atoms with Gasteiger partial charge in [-0.05, 0) is 0 Å². The van der Waals surface area contributed by atoms with E-state index in [2.05, 4.69) is 0 Å². The fraction of sp³-hybridized carbons (Fsp3) is 1.00. The van der Waals surface area contributed by atoms with Gasteiger partial charge in [-0.15, -0.1) is 0 Å². The van der Waals surface area contributed by atoms with E-state index in [9.17, 15) is 3.74 Å². The van der Waals surface area contributed by atoms with Crippen LogP contribution in [-0.2, 0) is 3.74 Å². The third kappa shape index (κ3) is 4.80. The molecule has 0 radical (unpaired) electrons. The van der Waals surface area contributed by atoms with Gasteiger partial charge in [0, 0.05) is 0 Å². The summed E-state index contributed by atoms with van der Waals surface area (Å²) in [5, 5.41) is 0.991. The van der Waals surface area contributed by atoms with Crippen LogP contribution in [0.25, 0.3) is 0 Å². The van der Waals surface area contributed by atoms with Crippen molar-refractivity contribution in [3.05, 3.63) is 0 Å². The van der Waals surface area contributed by atoms with Gasteiger partial charge in [0.1, 0.15) is 0 Å². The number of hydrogen-bond donors (Lipinski definition) is 1. The first-order valence-corrected chi connectivity index (χ1v) is 7.54. The molecule has 9 heavy (non-hydrogen) atoms. The van der Waals surface area contributed by atoms with E-state index in [1.165, 1.54) is 0 Å². The Kier molecular flexibility index (Phi) is 3.60. The monoisotopic (exact) mass is 194 g/mol. The molecule has 0 aliphatic rings. The fourth-order valence-electron chi connectivity index (χ4n) is 0.700. The minimum atomic E-state index is -3.30. The molecule has 0 amide bonds. The number of rotatable bonds is 3. The van der Waals surface area contributed by atoms with Crippen molar-refractivity contribution in [2.45, 2.75) is 31.2 Å². The van der Waals surface area contributed by atoms with Crippen LogP contribution in [0, 0.1) is 5.92 Å². The Hall–Kier alpha value is 0.318.